The molecule has 0 N–H and O–H groups in total. The second-order valence-corrected chi connectivity index (χ2v) is 6.35. The maximum atomic E-state index is 13.2. The summed E-state index contributed by atoms with van der Waals surface area (Å²) in [6.07, 6.45) is 11.0. The van der Waals surface area contributed by atoms with E-state index in [0.717, 1.165) is 25.7 Å². The maximum Gasteiger partial charge on any atom is 0.100 e. The van der Waals surface area contributed by atoms with Crippen LogP contribution in [0.25, 0.3) is 0 Å². The molecule has 0 atom stereocenters. The van der Waals surface area contributed by atoms with E-state index in [1.165, 1.54) is 49.7 Å². The van der Waals surface area contributed by atoms with Crippen LogP contribution >= 0.6 is 0 Å². The summed E-state index contributed by atoms with van der Waals surface area (Å²) in [6, 6.07) is 9.14. The standard InChI is InChI=1S/C19H29F/c1-2-3-4-5-6-7-16-8-10-17(11-9-16)18-12-14-19(20)15-13-18/h8-11,18-19H,2-7,12-15H2,1H3. The number of hydrogen-bond donors (Lipinski definition) is 0. The predicted molar refractivity (Wildman–Crippen MR) is 85.0 cm³/mol. The molecule has 0 aromatic heterocycles. The van der Waals surface area contributed by atoms with Crippen molar-refractivity contribution in [1.29, 1.82) is 0 Å². The van der Waals surface area contributed by atoms with Crippen molar-refractivity contribution < 1.29 is 4.39 Å². The monoisotopic (exact) mass is 276 g/mol. The number of halogens is 1. The molecule has 1 aromatic carbocycles. The highest BCUT2D eigenvalue weighted by atomic mass is 19.1. The molecule has 0 heterocycles. The van der Waals surface area contributed by atoms with Crippen molar-refractivity contribution in [2.45, 2.75) is 83.2 Å². The summed E-state index contributed by atoms with van der Waals surface area (Å²) < 4.78 is 13.2. The molecule has 0 nitrogen and oxygen atoms in total. The minimum Gasteiger partial charge on any atom is -0.247 e. The van der Waals surface area contributed by atoms with E-state index in [0.29, 0.717) is 5.92 Å². The van der Waals surface area contributed by atoms with Crippen LogP contribution in [0, 0.1) is 0 Å². The quantitative estimate of drug-likeness (QED) is 0.520. The highest BCUT2D eigenvalue weighted by molar-refractivity contribution is 5.26. The van der Waals surface area contributed by atoms with Gasteiger partial charge in [0.1, 0.15) is 6.17 Å². The highest BCUT2D eigenvalue weighted by Gasteiger charge is 2.21. The van der Waals surface area contributed by atoms with Crippen LogP contribution in [0.15, 0.2) is 24.3 Å². The van der Waals surface area contributed by atoms with Crippen LogP contribution in [0.5, 0.6) is 0 Å². The zero-order valence-electron chi connectivity index (χ0n) is 12.9. The van der Waals surface area contributed by atoms with Gasteiger partial charge in [0.15, 0.2) is 0 Å². The van der Waals surface area contributed by atoms with Crippen LogP contribution in [-0.4, -0.2) is 6.17 Å². The molecular formula is C19H29F. The van der Waals surface area contributed by atoms with Crippen LogP contribution < -0.4 is 0 Å². The van der Waals surface area contributed by atoms with Crippen LogP contribution in [0.2, 0.25) is 0 Å². The van der Waals surface area contributed by atoms with Gasteiger partial charge >= 0.3 is 0 Å². The van der Waals surface area contributed by atoms with Crippen molar-refractivity contribution in [3.8, 4) is 0 Å². The number of aryl methyl sites for hydroxylation is 1. The number of rotatable bonds is 7. The minimum atomic E-state index is -0.548. The number of unbranched alkanes of at least 4 members (excludes halogenated alkanes) is 4. The van der Waals surface area contributed by atoms with Crippen LogP contribution in [0.1, 0.15) is 81.8 Å². The van der Waals surface area contributed by atoms with Crippen molar-refractivity contribution in [3.63, 3.8) is 0 Å². The third-order valence-corrected chi connectivity index (χ3v) is 4.68. The topological polar surface area (TPSA) is 0 Å². The van der Waals surface area contributed by atoms with Gasteiger partial charge in [0.25, 0.3) is 0 Å². The maximum absolute atomic E-state index is 13.2. The van der Waals surface area contributed by atoms with Gasteiger partial charge in [-0.05, 0) is 55.6 Å². The lowest BCUT2D eigenvalue weighted by Gasteiger charge is -2.24. The Morgan fingerprint density at radius 1 is 0.900 bits per heavy atom. The molecule has 0 unspecified atom stereocenters. The van der Waals surface area contributed by atoms with Gasteiger partial charge < -0.3 is 0 Å². The Labute approximate surface area is 123 Å². The SMILES string of the molecule is CCCCCCCc1ccc(C2CCC(F)CC2)cc1. The first-order valence-electron chi connectivity index (χ1n) is 8.52. The fourth-order valence-corrected chi connectivity index (χ4v) is 3.28. The smallest absolute Gasteiger partial charge is 0.100 e. The molecule has 0 bridgehead atoms. The number of benzene rings is 1. The summed E-state index contributed by atoms with van der Waals surface area (Å²) in [4.78, 5) is 0. The molecule has 1 aromatic rings. The molecule has 1 heteroatoms. The van der Waals surface area contributed by atoms with E-state index < -0.39 is 6.17 Å². The van der Waals surface area contributed by atoms with Gasteiger partial charge in [-0.3, -0.25) is 0 Å². The van der Waals surface area contributed by atoms with Gasteiger partial charge in [0.05, 0.1) is 0 Å². The zero-order valence-corrected chi connectivity index (χ0v) is 12.9. The summed E-state index contributed by atoms with van der Waals surface area (Å²) in [6.45, 7) is 2.26. The normalized spacial score (nSPS) is 22.9. The van der Waals surface area contributed by atoms with Crippen LogP contribution in [0.4, 0.5) is 4.39 Å². The summed E-state index contributed by atoms with van der Waals surface area (Å²) in [5.41, 5.74) is 2.89. The average molecular weight is 276 g/mol. The van der Waals surface area contributed by atoms with Crippen LogP contribution in [0.3, 0.4) is 0 Å². The van der Waals surface area contributed by atoms with Gasteiger partial charge in [-0.1, -0.05) is 56.9 Å². The van der Waals surface area contributed by atoms with E-state index >= 15 is 0 Å². The molecule has 0 radical (unpaired) electrons. The van der Waals surface area contributed by atoms with E-state index in [9.17, 15) is 4.39 Å². The van der Waals surface area contributed by atoms with E-state index in [2.05, 4.69) is 31.2 Å². The van der Waals surface area contributed by atoms with Crippen molar-refractivity contribution in [2.75, 3.05) is 0 Å². The summed E-state index contributed by atoms with van der Waals surface area (Å²) in [7, 11) is 0. The Hall–Kier alpha value is -0.850. The summed E-state index contributed by atoms with van der Waals surface area (Å²) in [5.74, 6) is 0.598. The Bertz CT molecular complexity index is 360. The second-order valence-electron chi connectivity index (χ2n) is 6.35. The highest BCUT2D eigenvalue weighted by Crippen LogP contribution is 2.34. The predicted octanol–water partition coefficient (Wildman–Crippen LogP) is 6.20. The fourth-order valence-electron chi connectivity index (χ4n) is 3.28. The Morgan fingerprint density at radius 2 is 1.55 bits per heavy atom. The van der Waals surface area contributed by atoms with E-state index in [4.69, 9.17) is 0 Å². The lowest BCUT2D eigenvalue weighted by Crippen LogP contribution is -2.13. The van der Waals surface area contributed by atoms with Gasteiger partial charge in [0, 0.05) is 0 Å². The summed E-state index contributed by atoms with van der Waals surface area (Å²) in [5, 5.41) is 0. The molecule has 0 spiro atoms. The molecule has 0 saturated heterocycles. The van der Waals surface area contributed by atoms with Crippen molar-refractivity contribution in [3.05, 3.63) is 35.4 Å². The Kier molecular flexibility index (Phi) is 6.56. The van der Waals surface area contributed by atoms with Crippen molar-refractivity contribution in [2.24, 2.45) is 0 Å². The minimum absolute atomic E-state index is 0.548. The Balaban J connectivity index is 1.75. The van der Waals surface area contributed by atoms with Crippen molar-refractivity contribution >= 4 is 0 Å². The van der Waals surface area contributed by atoms with Gasteiger partial charge in [-0.15, -0.1) is 0 Å². The molecule has 1 aliphatic rings. The van der Waals surface area contributed by atoms with E-state index in [1.807, 2.05) is 0 Å². The molecule has 0 amide bonds. The van der Waals surface area contributed by atoms with Gasteiger partial charge in [0.2, 0.25) is 0 Å². The number of alkyl halides is 1. The molecular weight excluding hydrogens is 247 g/mol. The molecule has 0 aliphatic heterocycles. The molecule has 1 saturated carbocycles. The van der Waals surface area contributed by atoms with Gasteiger partial charge in [-0.2, -0.15) is 0 Å². The lowest BCUT2D eigenvalue weighted by atomic mass is 9.83. The number of hydrogen-bond acceptors (Lipinski definition) is 0. The Morgan fingerprint density at radius 3 is 2.20 bits per heavy atom. The average Bonchev–Trinajstić information content (AvgIpc) is 2.49. The third kappa shape index (κ3) is 4.92. The first kappa shape index (κ1) is 15.5. The summed E-state index contributed by atoms with van der Waals surface area (Å²) >= 11 is 0. The molecule has 20 heavy (non-hydrogen) atoms. The van der Waals surface area contributed by atoms with Crippen LogP contribution in [-0.2, 0) is 6.42 Å². The largest absolute Gasteiger partial charge is 0.247 e. The van der Waals surface area contributed by atoms with E-state index in [1.54, 1.807) is 0 Å². The lowest BCUT2D eigenvalue weighted by molar-refractivity contribution is 0.235. The first-order valence-corrected chi connectivity index (χ1v) is 8.52. The van der Waals surface area contributed by atoms with E-state index in [-0.39, 0.29) is 0 Å². The van der Waals surface area contributed by atoms with Gasteiger partial charge in [-0.25, -0.2) is 4.39 Å². The second kappa shape index (κ2) is 8.44. The third-order valence-electron chi connectivity index (χ3n) is 4.68. The fraction of sp³-hybridized carbons (Fsp3) is 0.684. The molecule has 2 rings (SSSR count). The molecule has 1 fully saturated rings. The molecule has 112 valence electrons. The zero-order chi connectivity index (χ0) is 14.2. The van der Waals surface area contributed by atoms with Crippen molar-refractivity contribution in [1.82, 2.24) is 0 Å². The molecule has 1 aliphatic carbocycles. The first-order chi connectivity index (χ1) is 9.79.